The molecule has 0 atom stereocenters. The molecule has 0 fully saturated rings. The van der Waals surface area contributed by atoms with Crippen LogP contribution in [0.2, 0.25) is 5.02 Å². The largest absolute Gasteiger partial charge is 0.297 e. The van der Waals surface area contributed by atoms with E-state index in [4.69, 9.17) is 11.6 Å². The second-order valence-corrected chi connectivity index (χ2v) is 4.46. The molecule has 2 rings (SSSR count). The van der Waals surface area contributed by atoms with E-state index in [0.717, 1.165) is 23.1 Å². The van der Waals surface area contributed by atoms with Gasteiger partial charge in [-0.15, -0.1) is 11.3 Å². The van der Waals surface area contributed by atoms with Crippen LogP contribution in [0.25, 0.3) is 11.1 Å². The van der Waals surface area contributed by atoms with E-state index in [1.54, 1.807) is 6.20 Å². The van der Waals surface area contributed by atoms with E-state index < -0.39 is 0 Å². The van der Waals surface area contributed by atoms with Gasteiger partial charge in [-0.25, -0.2) is 0 Å². The van der Waals surface area contributed by atoms with Gasteiger partial charge in [-0.2, -0.15) is 0 Å². The number of rotatable bonds is 2. The van der Waals surface area contributed by atoms with Crippen LogP contribution in [0.5, 0.6) is 0 Å². The summed E-state index contributed by atoms with van der Waals surface area (Å²) in [4.78, 5) is 15.6. The van der Waals surface area contributed by atoms with E-state index >= 15 is 0 Å². The summed E-state index contributed by atoms with van der Waals surface area (Å²) in [5.41, 5.74) is 2.57. The predicted octanol–water partition coefficient (Wildman–Crippen LogP) is 3.58. The first-order valence-corrected chi connectivity index (χ1v) is 5.63. The zero-order valence-electron chi connectivity index (χ0n) is 8.03. The highest BCUT2D eigenvalue weighted by atomic mass is 35.5. The molecular formula is C11H8ClNOS. The minimum Gasteiger partial charge on any atom is -0.297 e. The van der Waals surface area contributed by atoms with Crippen LogP contribution >= 0.6 is 22.9 Å². The van der Waals surface area contributed by atoms with Crippen molar-refractivity contribution < 1.29 is 4.79 Å². The Morgan fingerprint density at radius 3 is 3.00 bits per heavy atom. The topological polar surface area (TPSA) is 30.0 Å². The maximum Gasteiger partial charge on any atom is 0.160 e. The van der Waals surface area contributed by atoms with Crippen LogP contribution in [0.4, 0.5) is 0 Å². The number of halogens is 1. The molecule has 2 heterocycles. The highest BCUT2D eigenvalue weighted by molar-refractivity contribution is 7.12. The molecule has 76 valence electrons. The fourth-order valence-corrected chi connectivity index (χ4v) is 2.19. The van der Waals surface area contributed by atoms with Crippen molar-refractivity contribution in [3.05, 3.63) is 39.3 Å². The number of hydrogen-bond donors (Lipinski definition) is 0. The normalized spacial score (nSPS) is 10.3. The Bertz CT molecular complexity index is 507. The number of pyridine rings is 1. The number of thiophene rings is 1. The molecule has 0 radical (unpaired) electrons. The third-order valence-electron chi connectivity index (χ3n) is 2.14. The molecule has 15 heavy (non-hydrogen) atoms. The molecule has 0 spiro atoms. The third-order valence-corrected chi connectivity index (χ3v) is 3.36. The van der Waals surface area contributed by atoms with Gasteiger partial charge in [0.2, 0.25) is 0 Å². The first-order chi connectivity index (χ1) is 7.22. The lowest BCUT2D eigenvalue weighted by Gasteiger charge is -2.01. The molecule has 0 saturated carbocycles. The molecule has 0 amide bonds. The maximum absolute atomic E-state index is 10.8. The summed E-state index contributed by atoms with van der Waals surface area (Å²) >= 11 is 7.39. The van der Waals surface area contributed by atoms with E-state index in [-0.39, 0.29) is 0 Å². The monoisotopic (exact) mass is 237 g/mol. The Hall–Kier alpha value is -1.19. The maximum atomic E-state index is 10.8. The van der Waals surface area contributed by atoms with Crippen molar-refractivity contribution in [3.8, 4) is 11.1 Å². The van der Waals surface area contributed by atoms with Crippen LogP contribution in [0, 0.1) is 6.92 Å². The van der Waals surface area contributed by atoms with Gasteiger partial charge in [-0.1, -0.05) is 11.6 Å². The van der Waals surface area contributed by atoms with Crippen molar-refractivity contribution in [2.45, 2.75) is 6.92 Å². The van der Waals surface area contributed by atoms with Gasteiger partial charge in [0.1, 0.15) is 0 Å². The lowest BCUT2D eigenvalue weighted by molar-refractivity contribution is 0.112. The summed E-state index contributed by atoms with van der Waals surface area (Å²) in [5, 5.41) is 2.50. The molecule has 2 aromatic rings. The minimum atomic E-state index is 0.621. The molecule has 0 aromatic carbocycles. The third kappa shape index (κ3) is 1.94. The molecule has 2 nitrogen and oxygen atoms in total. The van der Waals surface area contributed by atoms with Crippen molar-refractivity contribution in [2.24, 2.45) is 0 Å². The second kappa shape index (κ2) is 4.13. The first-order valence-electron chi connectivity index (χ1n) is 4.37. The average Bonchev–Trinajstić information content (AvgIpc) is 2.70. The zero-order chi connectivity index (χ0) is 10.8. The first kappa shape index (κ1) is 10.3. The summed E-state index contributed by atoms with van der Waals surface area (Å²) < 4.78 is 0. The second-order valence-electron chi connectivity index (χ2n) is 3.11. The molecule has 4 heteroatoms. The van der Waals surface area contributed by atoms with E-state index in [9.17, 15) is 4.79 Å². The lowest BCUT2D eigenvalue weighted by Crippen LogP contribution is -1.86. The van der Waals surface area contributed by atoms with Gasteiger partial charge in [0, 0.05) is 17.3 Å². The molecule has 0 aliphatic heterocycles. The molecule has 0 bridgehead atoms. The fourth-order valence-electron chi connectivity index (χ4n) is 1.30. The van der Waals surface area contributed by atoms with Crippen molar-refractivity contribution in [1.82, 2.24) is 4.98 Å². The summed E-state index contributed by atoms with van der Waals surface area (Å²) in [6, 6.07) is 3.73. The van der Waals surface area contributed by atoms with Crippen LogP contribution < -0.4 is 0 Å². The number of aldehydes is 1. The highest BCUT2D eigenvalue weighted by Crippen LogP contribution is 2.28. The number of aromatic nitrogens is 1. The molecule has 2 aromatic heterocycles. The molecule has 0 N–H and O–H groups in total. The Labute approximate surface area is 96.5 Å². The van der Waals surface area contributed by atoms with E-state index in [2.05, 4.69) is 4.98 Å². The Morgan fingerprint density at radius 2 is 2.33 bits per heavy atom. The quantitative estimate of drug-likeness (QED) is 0.748. The number of aryl methyl sites for hydroxylation is 1. The number of carbonyl (C=O) groups is 1. The van der Waals surface area contributed by atoms with Crippen LogP contribution in [-0.4, -0.2) is 11.3 Å². The van der Waals surface area contributed by atoms with Crippen molar-refractivity contribution in [2.75, 3.05) is 0 Å². The SMILES string of the molecule is Cc1ncc(-c2ccsc2C=O)cc1Cl. The molecule has 0 saturated heterocycles. The van der Waals surface area contributed by atoms with Gasteiger partial charge in [0.05, 0.1) is 15.6 Å². The number of carbonyl (C=O) groups excluding carboxylic acids is 1. The average molecular weight is 238 g/mol. The van der Waals surface area contributed by atoms with E-state index in [1.165, 1.54) is 11.3 Å². The predicted molar refractivity (Wildman–Crippen MR) is 62.7 cm³/mol. The van der Waals surface area contributed by atoms with Crippen LogP contribution in [0.3, 0.4) is 0 Å². The number of hydrogen-bond acceptors (Lipinski definition) is 3. The standard InChI is InChI=1S/C11H8ClNOS/c1-7-10(12)4-8(5-13-7)9-2-3-15-11(9)6-14/h2-6H,1H3. The van der Waals surface area contributed by atoms with E-state index in [1.807, 2.05) is 24.4 Å². The smallest absolute Gasteiger partial charge is 0.160 e. The zero-order valence-corrected chi connectivity index (χ0v) is 9.60. The molecule has 0 aliphatic rings. The highest BCUT2D eigenvalue weighted by Gasteiger charge is 2.07. The fraction of sp³-hybridized carbons (Fsp3) is 0.0909. The molecule has 0 aliphatic carbocycles. The number of nitrogens with zero attached hydrogens (tertiary/aromatic N) is 1. The van der Waals surface area contributed by atoms with Crippen LogP contribution in [-0.2, 0) is 0 Å². The molecule has 0 unspecified atom stereocenters. The van der Waals surface area contributed by atoms with Gasteiger partial charge < -0.3 is 0 Å². The Kier molecular flexibility index (Phi) is 2.84. The summed E-state index contributed by atoms with van der Waals surface area (Å²) in [6.45, 7) is 1.85. The molecular weight excluding hydrogens is 230 g/mol. The van der Waals surface area contributed by atoms with Crippen molar-refractivity contribution in [3.63, 3.8) is 0 Å². The Balaban J connectivity index is 2.54. The van der Waals surface area contributed by atoms with Gasteiger partial charge in [0.15, 0.2) is 6.29 Å². The summed E-state index contributed by atoms with van der Waals surface area (Å²) in [6.07, 6.45) is 2.59. The van der Waals surface area contributed by atoms with Crippen LogP contribution in [0.1, 0.15) is 15.4 Å². The van der Waals surface area contributed by atoms with Crippen molar-refractivity contribution >= 4 is 29.2 Å². The van der Waals surface area contributed by atoms with Gasteiger partial charge >= 0.3 is 0 Å². The minimum absolute atomic E-state index is 0.621. The summed E-state index contributed by atoms with van der Waals surface area (Å²) in [7, 11) is 0. The van der Waals surface area contributed by atoms with E-state index in [0.29, 0.717) is 9.90 Å². The summed E-state index contributed by atoms with van der Waals surface area (Å²) in [5.74, 6) is 0. The van der Waals surface area contributed by atoms with Gasteiger partial charge in [-0.05, 0) is 24.4 Å². The van der Waals surface area contributed by atoms with Gasteiger partial charge in [0.25, 0.3) is 0 Å². The van der Waals surface area contributed by atoms with Crippen molar-refractivity contribution in [1.29, 1.82) is 0 Å². The van der Waals surface area contributed by atoms with Crippen LogP contribution in [0.15, 0.2) is 23.7 Å². The van der Waals surface area contributed by atoms with Gasteiger partial charge in [-0.3, -0.25) is 9.78 Å². The Morgan fingerprint density at radius 1 is 1.53 bits per heavy atom. The lowest BCUT2D eigenvalue weighted by atomic mass is 10.1.